The van der Waals surface area contributed by atoms with Gasteiger partial charge in [-0.3, -0.25) is 4.79 Å². The predicted molar refractivity (Wildman–Crippen MR) is 46.7 cm³/mol. The fourth-order valence-electron chi connectivity index (χ4n) is 2.34. The summed E-state index contributed by atoms with van der Waals surface area (Å²) < 4.78 is 0. The summed E-state index contributed by atoms with van der Waals surface area (Å²) in [6.07, 6.45) is 1.48. The summed E-state index contributed by atoms with van der Waals surface area (Å²) in [5.41, 5.74) is 4.90. The molecule has 0 aliphatic heterocycles. The number of hydrogen-bond donors (Lipinski definition) is 2. The highest BCUT2D eigenvalue weighted by molar-refractivity contribution is 5.79. The van der Waals surface area contributed by atoms with Crippen LogP contribution in [-0.4, -0.2) is 16.6 Å². The molecule has 0 bridgehead atoms. The van der Waals surface area contributed by atoms with E-state index in [-0.39, 0.29) is 11.3 Å². The molecule has 3 heteroatoms. The van der Waals surface area contributed by atoms with Crippen LogP contribution in [0.25, 0.3) is 0 Å². The summed E-state index contributed by atoms with van der Waals surface area (Å²) in [7, 11) is 0. The van der Waals surface area contributed by atoms with Gasteiger partial charge in [-0.2, -0.15) is 0 Å². The molecule has 0 spiro atoms. The minimum atomic E-state index is -0.997. The van der Waals surface area contributed by atoms with Crippen molar-refractivity contribution in [3.8, 4) is 0 Å². The molecule has 1 aliphatic carbocycles. The second kappa shape index (κ2) is 2.46. The molecule has 1 saturated carbocycles. The molecular weight excluding hydrogens is 154 g/mol. The molecule has 70 valence electrons. The molecule has 0 aromatic rings. The number of aliphatic carboxylic acids is 1. The third-order valence-electron chi connectivity index (χ3n) is 2.91. The number of rotatable bonds is 1. The van der Waals surface area contributed by atoms with Crippen LogP contribution in [0, 0.1) is 11.3 Å². The highest BCUT2D eigenvalue weighted by Gasteiger charge is 2.51. The van der Waals surface area contributed by atoms with E-state index in [1.807, 2.05) is 6.92 Å². The Labute approximate surface area is 72.9 Å². The molecule has 0 amide bonds. The maximum Gasteiger partial charge on any atom is 0.323 e. The lowest BCUT2D eigenvalue weighted by Gasteiger charge is -2.24. The van der Waals surface area contributed by atoms with Gasteiger partial charge in [0.2, 0.25) is 0 Å². The van der Waals surface area contributed by atoms with Crippen LogP contribution in [0.5, 0.6) is 0 Å². The largest absolute Gasteiger partial charge is 0.480 e. The number of carboxylic acids is 1. The second-order valence-corrected chi connectivity index (χ2v) is 4.79. The molecule has 2 unspecified atom stereocenters. The molecule has 3 nitrogen and oxygen atoms in total. The highest BCUT2D eigenvalue weighted by Crippen LogP contribution is 2.46. The summed E-state index contributed by atoms with van der Waals surface area (Å²) >= 11 is 0. The maximum absolute atomic E-state index is 10.9. The zero-order valence-corrected chi connectivity index (χ0v) is 7.92. The van der Waals surface area contributed by atoms with Crippen molar-refractivity contribution >= 4 is 5.97 Å². The van der Waals surface area contributed by atoms with Crippen molar-refractivity contribution in [3.05, 3.63) is 0 Å². The van der Waals surface area contributed by atoms with E-state index < -0.39 is 11.5 Å². The van der Waals surface area contributed by atoms with Crippen LogP contribution in [0.3, 0.4) is 0 Å². The van der Waals surface area contributed by atoms with Crippen LogP contribution >= 0.6 is 0 Å². The normalized spacial score (nSPS) is 39.8. The van der Waals surface area contributed by atoms with Gasteiger partial charge in [-0.25, -0.2) is 0 Å². The van der Waals surface area contributed by atoms with E-state index in [1.54, 1.807) is 0 Å². The summed E-state index contributed by atoms with van der Waals surface area (Å²) in [5, 5.41) is 8.95. The van der Waals surface area contributed by atoms with Crippen molar-refractivity contribution in [1.82, 2.24) is 0 Å². The zero-order valence-electron chi connectivity index (χ0n) is 7.92. The smallest absolute Gasteiger partial charge is 0.323 e. The van der Waals surface area contributed by atoms with Gasteiger partial charge < -0.3 is 10.8 Å². The molecule has 1 fully saturated rings. The Morgan fingerprint density at radius 3 is 2.25 bits per heavy atom. The number of hydrogen-bond acceptors (Lipinski definition) is 2. The first-order valence-electron chi connectivity index (χ1n) is 4.30. The molecule has 3 N–H and O–H groups in total. The minimum absolute atomic E-state index is 0.0741. The molecule has 1 aliphatic rings. The van der Waals surface area contributed by atoms with Crippen LogP contribution in [0.4, 0.5) is 0 Å². The van der Waals surface area contributed by atoms with E-state index in [0.717, 1.165) is 6.42 Å². The van der Waals surface area contributed by atoms with Crippen molar-refractivity contribution in [2.24, 2.45) is 17.1 Å². The van der Waals surface area contributed by atoms with Gasteiger partial charge in [-0.15, -0.1) is 0 Å². The van der Waals surface area contributed by atoms with Crippen molar-refractivity contribution < 1.29 is 9.90 Å². The van der Waals surface area contributed by atoms with E-state index in [9.17, 15) is 4.79 Å². The molecule has 12 heavy (non-hydrogen) atoms. The van der Waals surface area contributed by atoms with Gasteiger partial charge in [-0.05, 0) is 24.2 Å². The molecule has 0 saturated heterocycles. The topological polar surface area (TPSA) is 63.3 Å². The van der Waals surface area contributed by atoms with Gasteiger partial charge in [0.15, 0.2) is 0 Å². The average molecular weight is 171 g/mol. The van der Waals surface area contributed by atoms with Crippen molar-refractivity contribution in [2.45, 2.75) is 39.2 Å². The molecule has 2 atom stereocenters. The Kier molecular flexibility index (Phi) is 1.95. The van der Waals surface area contributed by atoms with Gasteiger partial charge in [0.1, 0.15) is 5.54 Å². The van der Waals surface area contributed by atoms with Crippen LogP contribution in [0.1, 0.15) is 33.6 Å². The maximum atomic E-state index is 10.9. The number of carbonyl (C=O) groups is 1. The zero-order chi connectivity index (χ0) is 9.57. The molecular formula is C9H17NO2. The monoisotopic (exact) mass is 171 g/mol. The predicted octanol–water partition coefficient (Wildman–Crippen LogP) is 1.22. The van der Waals surface area contributed by atoms with Crippen LogP contribution in [-0.2, 0) is 4.79 Å². The second-order valence-electron chi connectivity index (χ2n) is 4.79. The highest BCUT2D eigenvalue weighted by atomic mass is 16.4. The molecule has 0 aromatic heterocycles. The number of carboxylic acid groups (broad SMARTS) is 1. The summed E-state index contributed by atoms with van der Waals surface area (Å²) in [6, 6.07) is 0. The van der Waals surface area contributed by atoms with Gasteiger partial charge in [0.25, 0.3) is 0 Å². The first kappa shape index (κ1) is 9.52. The minimum Gasteiger partial charge on any atom is -0.480 e. The van der Waals surface area contributed by atoms with E-state index >= 15 is 0 Å². The average Bonchev–Trinajstić information content (AvgIpc) is 2.03. The number of nitrogens with two attached hydrogens (primary N) is 1. The molecule has 0 radical (unpaired) electrons. The standard InChI is InChI=1S/C9H17NO2/c1-6-4-8(2,3)5-9(6,10)7(11)12/h6H,4-5,10H2,1-3H3,(H,11,12). The van der Waals surface area contributed by atoms with Crippen LogP contribution in [0.2, 0.25) is 0 Å². The Morgan fingerprint density at radius 2 is 2.08 bits per heavy atom. The van der Waals surface area contributed by atoms with E-state index in [1.165, 1.54) is 0 Å². The Hall–Kier alpha value is -0.570. The lowest BCUT2D eigenvalue weighted by atomic mass is 9.87. The fourth-order valence-corrected chi connectivity index (χ4v) is 2.34. The quantitative estimate of drug-likeness (QED) is 0.623. The van der Waals surface area contributed by atoms with Gasteiger partial charge in [-0.1, -0.05) is 20.8 Å². The van der Waals surface area contributed by atoms with Gasteiger partial charge >= 0.3 is 5.97 Å². The van der Waals surface area contributed by atoms with E-state index in [0.29, 0.717) is 6.42 Å². The Morgan fingerprint density at radius 1 is 1.58 bits per heavy atom. The third kappa shape index (κ3) is 1.33. The first-order chi connectivity index (χ1) is 5.28. The molecule has 0 heterocycles. The van der Waals surface area contributed by atoms with Crippen molar-refractivity contribution in [1.29, 1.82) is 0 Å². The summed E-state index contributed by atoms with van der Waals surface area (Å²) in [5.74, 6) is -0.787. The summed E-state index contributed by atoms with van der Waals surface area (Å²) in [4.78, 5) is 10.9. The van der Waals surface area contributed by atoms with Gasteiger partial charge in [0.05, 0.1) is 0 Å². The summed E-state index contributed by atoms with van der Waals surface area (Å²) in [6.45, 7) is 6.06. The lowest BCUT2D eigenvalue weighted by molar-refractivity contribution is -0.144. The molecule has 0 aromatic carbocycles. The lowest BCUT2D eigenvalue weighted by Crippen LogP contribution is -2.50. The van der Waals surface area contributed by atoms with Crippen LogP contribution < -0.4 is 5.73 Å². The van der Waals surface area contributed by atoms with E-state index in [2.05, 4.69) is 13.8 Å². The Bertz CT molecular complexity index is 213. The van der Waals surface area contributed by atoms with Gasteiger partial charge in [0, 0.05) is 0 Å². The van der Waals surface area contributed by atoms with Crippen molar-refractivity contribution in [3.63, 3.8) is 0 Å². The third-order valence-corrected chi connectivity index (χ3v) is 2.91. The van der Waals surface area contributed by atoms with Crippen LogP contribution in [0.15, 0.2) is 0 Å². The van der Waals surface area contributed by atoms with Crippen molar-refractivity contribution in [2.75, 3.05) is 0 Å². The van der Waals surface area contributed by atoms with E-state index in [4.69, 9.17) is 10.8 Å². The first-order valence-corrected chi connectivity index (χ1v) is 4.30. The fraction of sp³-hybridized carbons (Fsp3) is 0.889. The SMILES string of the molecule is CC1CC(C)(C)CC1(N)C(=O)O. The Balaban J connectivity index is 2.89. The molecule has 1 rings (SSSR count).